The standard InChI is InChI=1S/C48H75N19O14S/c1-24-8-9-31-35(15-24)81-21-30(43(77)66(31)19-36(70)60-28(45(79)80)6-3-12-57-47(52)53)63-39(73)29(20-68)62-41(75)34-22-82-23-67(34)37(71)17-59-40(74)33-16-25(69)18-65(33)44(78)32-7-4-14-64(32)42(76)27(10-13-58-48(54)55)61-38(72)26(49)5-2-11-56-46(50)51/h8-9,15,25-30,32-34,68-69H,2-7,10-14,16-23,49H2,1H3,(H,59,74)(H,60,70)(H,61,72)(H,62,75)(H,63,73)(H,79,80)(H4,50,51,56)(H4,52,53,57)(H4,54,55,58)/t25?,26-,27+,28+,29+,30+,32+,33+,34+/m1/s1. The van der Waals surface area contributed by atoms with Gasteiger partial charge in [0.05, 0.1) is 36.9 Å². The zero-order chi connectivity index (χ0) is 60.4. The molecular weight excluding hydrogens is 1100 g/mol. The average Bonchev–Trinajstić information content (AvgIpc) is 4.24. The summed E-state index contributed by atoms with van der Waals surface area (Å²) in [6.45, 7) is -0.987. The molecule has 34 heteroatoms. The molecule has 0 saturated carbocycles. The summed E-state index contributed by atoms with van der Waals surface area (Å²) in [7, 11) is 0. The first-order chi connectivity index (χ1) is 38.9. The molecule has 0 aliphatic carbocycles. The molecule has 9 amide bonds. The lowest BCUT2D eigenvalue weighted by Gasteiger charge is -2.33. The van der Waals surface area contributed by atoms with Gasteiger partial charge in [0.2, 0.25) is 47.3 Å². The van der Waals surface area contributed by atoms with E-state index in [9.17, 15) is 63.3 Å². The van der Waals surface area contributed by atoms with Crippen molar-refractivity contribution in [1.82, 2.24) is 41.3 Å². The summed E-state index contributed by atoms with van der Waals surface area (Å²) in [6.07, 6.45) is -0.192. The zero-order valence-electron chi connectivity index (χ0n) is 45.3. The van der Waals surface area contributed by atoms with Crippen molar-refractivity contribution < 1.29 is 68.0 Å². The maximum Gasteiger partial charge on any atom is 0.326 e. The fourth-order valence-electron chi connectivity index (χ4n) is 9.44. The molecule has 0 radical (unpaired) electrons. The fourth-order valence-corrected chi connectivity index (χ4v) is 10.6. The van der Waals surface area contributed by atoms with Crippen molar-refractivity contribution >= 4 is 94.5 Å². The Morgan fingerprint density at radius 2 is 1.46 bits per heavy atom. The number of aryl methyl sites for hydroxylation is 1. The minimum Gasteiger partial charge on any atom is -0.489 e. The second-order valence-corrected chi connectivity index (χ2v) is 20.8. The second kappa shape index (κ2) is 30.5. The van der Waals surface area contributed by atoms with Gasteiger partial charge in [0.25, 0.3) is 5.91 Å². The Hall–Kier alpha value is -8.24. The summed E-state index contributed by atoms with van der Waals surface area (Å²) in [6, 6.07) is -5.70. The molecule has 0 bridgehead atoms. The number of thioether (sulfide) groups is 1. The molecule has 452 valence electrons. The number of nitrogens with one attached hydrogen (secondary N) is 5. The number of hydrogen-bond donors (Lipinski definition) is 15. The van der Waals surface area contributed by atoms with Crippen LogP contribution < -0.4 is 76.4 Å². The first kappa shape index (κ1) is 64.6. The third-order valence-electron chi connectivity index (χ3n) is 13.6. The molecule has 22 N–H and O–H groups in total. The van der Waals surface area contributed by atoms with Crippen molar-refractivity contribution in [3.63, 3.8) is 0 Å². The summed E-state index contributed by atoms with van der Waals surface area (Å²) in [5, 5.41) is 43.2. The number of benzene rings is 1. The molecule has 0 aromatic heterocycles. The SMILES string of the molecule is Cc1ccc2c(c1)OC[C@H](NC(=O)[C@H](CO)NC(=O)[C@@H]1CSCN1C(=O)CNC(=O)[C@@H]1CC(O)CN1C(=O)[C@@H]1CCCN1C(=O)[C@H](CCN=C(N)N)NC(=O)[C@H](N)CCCN=C(N)N)C(=O)N2CC(=O)N[C@@H](CCCN=C(N)N)C(=O)O. The number of ether oxygens (including phenoxy) is 1. The van der Waals surface area contributed by atoms with Crippen LogP contribution in [0.4, 0.5) is 5.69 Å². The topological polar surface area (TPSA) is 533 Å². The van der Waals surface area contributed by atoms with Gasteiger partial charge in [-0.25, -0.2) is 4.79 Å². The van der Waals surface area contributed by atoms with Crippen LogP contribution in [0.1, 0.15) is 56.9 Å². The minimum absolute atomic E-state index is 0.0254. The van der Waals surface area contributed by atoms with Gasteiger partial charge in [0.15, 0.2) is 17.9 Å². The van der Waals surface area contributed by atoms with Crippen molar-refractivity contribution in [3.8, 4) is 5.75 Å². The molecule has 0 spiro atoms. The predicted octanol–water partition coefficient (Wildman–Crippen LogP) is -8.19. The number of carboxylic acid groups (broad SMARTS) is 1. The van der Waals surface area contributed by atoms with Crippen LogP contribution in [0.25, 0.3) is 0 Å². The third kappa shape index (κ3) is 18.1. The molecule has 1 unspecified atom stereocenters. The van der Waals surface area contributed by atoms with Gasteiger partial charge in [-0.15, -0.1) is 11.8 Å². The van der Waals surface area contributed by atoms with Crippen LogP contribution in [0.3, 0.4) is 0 Å². The Kier molecular flexibility index (Phi) is 24.1. The number of aliphatic imine (C=N–C) groups is 3. The lowest BCUT2D eigenvalue weighted by molar-refractivity contribution is -0.148. The summed E-state index contributed by atoms with van der Waals surface area (Å²) < 4.78 is 5.89. The highest BCUT2D eigenvalue weighted by Crippen LogP contribution is 2.33. The van der Waals surface area contributed by atoms with E-state index in [1.807, 2.05) is 0 Å². The Bertz CT molecular complexity index is 2620. The number of rotatable bonds is 27. The van der Waals surface area contributed by atoms with Crippen LogP contribution in [0.15, 0.2) is 33.2 Å². The van der Waals surface area contributed by atoms with E-state index in [1.54, 1.807) is 19.1 Å². The maximum atomic E-state index is 14.3. The number of carbonyl (C=O) groups is 10. The number of fused-ring (bicyclic) bond motifs is 1. The maximum absolute atomic E-state index is 14.3. The van der Waals surface area contributed by atoms with E-state index >= 15 is 0 Å². The number of aliphatic hydroxyl groups excluding tert-OH is 2. The van der Waals surface area contributed by atoms with Crippen molar-refractivity contribution in [2.45, 2.75) is 113 Å². The highest BCUT2D eigenvalue weighted by atomic mass is 32.2. The number of hydrogen-bond acceptors (Lipinski definition) is 18. The molecule has 3 saturated heterocycles. The second-order valence-electron chi connectivity index (χ2n) is 19.8. The van der Waals surface area contributed by atoms with Crippen LogP contribution >= 0.6 is 11.8 Å². The lowest BCUT2D eigenvalue weighted by atomic mass is 10.1. The van der Waals surface area contributed by atoms with Crippen LogP contribution in [0, 0.1) is 6.92 Å². The van der Waals surface area contributed by atoms with Gasteiger partial charge in [-0.05, 0) is 69.6 Å². The van der Waals surface area contributed by atoms with Crippen molar-refractivity contribution in [3.05, 3.63) is 23.8 Å². The van der Waals surface area contributed by atoms with E-state index in [-0.39, 0.29) is 112 Å². The molecular formula is C48H75N19O14S. The van der Waals surface area contributed by atoms with E-state index in [0.717, 1.165) is 14.7 Å². The van der Waals surface area contributed by atoms with Gasteiger partial charge >= 0.3 is 5.97 Å². The fraction of sp³-hybridized carbons (Fsp3) is 0.604. The quantitative estimate of drug-likeness (QED) is 0.0221. The van der Waals surface area contributed by atoms with E-state index < -0.39 is 140 Å². The molecule has 5 rings (SSSR count). The number of carboxylic acids is 1. The number of aliphatic hydroxyl groups is 2. The van der Waals surface area contributed by atoms with Crippen LogP contribution in [-0.2, 0) is 47.9 Å². The number of guanidine groups is 3. The number of nitrogens with zero attached hydrogens (tertiary/aromatic N) is 7. The first-order valence-electron chi connectivity index (χ1n) is 26.3. The molecule has 4 aliphatic heterocycles. The molecule has 3 fully saturated rings. The number of amides is 9. The largest absolute Gasteiger partial charge is 0.489 e. The van der Waals surface area contributed by atoms with Crippen molar-refractivity contribution in [2.75, 3.05) is 75.6 Å². The number of aliphatic carboxylic acids is 1. The molecule has 4 heterocycles. The van der Waals surface area contributed by atoms with Gasteiger partial charge in [0.1, 0.15) is 61.2 Å². The number of β-amino-alcohol motifs (C(OH)–C–C–N with tert-alkyl or cyclic N) is 1. The van der Waals surface area contributed by atoms with Crippen molar-refractivity contribution in [1.29, 1.82) is 0 Å². The van der Waals surface area contributed by atoms with Crippen LogP contribution in [0.5, 0.6) is 5.75 Å². The number of carbonyl (C=O) groups excluding carboxylic acids is 9. The summed E-state index contributed by atoms with van der Waals surface area (Å²) in [5.41, 5.74) is 39.3. The molecule has 9 atom stereocenters. The number of nitrogens with two attached hydrogens (primary N) is 7. The van der Waals surface area contributed by atoms with E-state index in [1.165, 1.54) is 22.7 Å². The lowest BCUT2D eigenvalue weighted by Crippen LogP contribution is -2.60. The molecule has 82 heavy (non-hydrogen) atoms. The summed E-state index contributed by atoms with van der Waals surface area (Å²) in [4.78, 5) is 152. The smallest absolute Gasteiger partial charge is 0.326 e. The number of likely N-dealkylation sites (tertiary alicyclic amines) is 2. The predicted molar refractivity (Wildman–Crippen MR) is 296 cm³/mol. The van der Waals surface area contributed by atoms with Crippen molar-refractivity contribution in [2.24, 2.45) is 55.1 Å². The van der Waals surface area contributed by atoms with Gasteiger partial charge in [-0.1, -0.05) is 6.07 Å². The highest BCUT2D eigenvalue weighted by Gasteiger charge is 2.46. The van der Waals surface area contributed by atoms with E-state index in [0.29, 0.717) is 18.4 Å². The Balaban J connectivity index is 1.19. The normalized spacial score (nSPS) is 20.8. The van der Waals surface area contributed by atoms with Gasteiger partial charge < -0.3 is 101 Å². The molecule has 1 aromatic rings. The summed E-state index contributed by atoms with van der Waals surface area (Å²) in [5.74, 6) is -8.90. The summed E-state index contributed by atoms with van der Waals surface area (Å²) >= 11 is 1.17. The Labute approximate surface area is 475 Å². The molecule has 33 nitrogen and oxygen atoms in total. The number of anilines is 1. The molecule has 4 aliphatic rings. The van der Waals surface area contributed by atoms with E-state index in [2.05, 4.69) is 41.6 Å². The van der Waals surface area contributed by atoms with Gasteiger partial charge in [-0.2, -0.15) is 0 Å². The van der Waals surface area contributed by atoms with Gasteiger partial charge in [0, 0.05) is 44.9 Å². The minimum atomic E-state index is -1.68. The van der Waals surface area contributed by atoms with Crippen LogP contribution in [-0.4, -0.2) is 232 Å². The van der Waals surface area contributed by atoms with E-state index in [4.69, 9.17) is 44.9 Å². The molecule has 1 aromatic carbocycles. The average molecular weight is 1170 g/mol. The third-order valence-corrected chi connectivity index (χ3v) is 14.6. The Morgan fingerprint density at radius 3 is 2.12 bits per heavy atom. The van der Waals surface area contributed by atoms with Gasteiger partial charge in [-0.3, -0.25) is 63.0 Å². The monoisotopic (exact) mass is 1170 g/mol. The van der Waals surface area contributed by atoms with Crippen LogP contribution in [0.2, 0.25) is 0 Å². The Morgan fingerprint density at radius 1 is 0.793 bits per heavy atom. The first-order valence-corrected chi connectivity index (χ1v) is 27.5. The zero-order valence-corrected chi connectivity index (χ0v) is 46.1. The highest BCUT2D eigenvalue weighted by molar-refractivity contribution is 7.99.